The molecule has 0 amide bonds. The second-order valence-electron chi connectivity index (χ2n) is 6.12. The van der Waals surface area contributed by atoms with Crippen molar-refractivity contribution < 1.29 is 13.2 Å². The van der Waals surface area contributed by atoms with Crippen LogP contribution >= 0.6 is 0 Å². The summed E-state index contributed by atoms with van der Waals surface area (Å²) in [6, 6.07) is -0.149. The second kappa shape index (κ2) is 7.36. The maximum atomic E-state index is 12.9. The molecule has 2 atom stereocenters. The molecule has 2 rings (SSSR count). The summed E-state index contributed by atoms with van der Waals surface area (Å²) >= 11 is 0. The Morgan fingerprint density at radius 2 is 2.13 bits per heavy atom. The lowest BCUT2D eigenvalue weighted by atomic mass is 9.95. The number of aromatic nitrogens is 2. The van der Waals surface area contributed by atoms with Gasteiger partial charge in [0.2, 0.25) is 5.95 Å². The number of fused-ring (bicyclic) bond motifs is 1. The van der Waals surface area contributed by atoms with Crippen molar-refractivity contribution in [3.63, 3.8) is 0 Å². The molecular formula is C16H24F3N3O. The largest absolute Gasteiger partial charge is 0.408 e. The lowest BCUT2D eigenvalue weighted by Crippen LogP contribution is -2.44. The highest BCUT2D eigenvalue weighted by molar-refractivity contribution is 5.33. The predicted octanol–water partition coefficient (Wildman–Crippen LogP) is 4.06. The van der Waals surface area contributed by atoms with Crippen LogP contribution < -0.4 is 10.9 Å². The van der Waals surface area contributed by atoms with Gasteiger partial charge in [0.25, 0.3) is 5.56 Å². The zero-order valence-electron chi connectivity index (χ0n) is 13.6. The number of nitrogens with zero attached hydrogens (tertiary/aromatic N) is 2. The number of rotatable bonds is 6. The minimum atomic E-state index is -4.33. The van der Waals surface area contributed by atoms with E-state index in [4.69, 9.17) is 0 Å². The lowest BCUT2D eigenvalue weighted by molar-refractivity contribution is -0.145. The van der Waals surface area contributed by atoms with Crippen LogP contribution in [0.4, 0.5) is 19.1 Å². The first-order valence-electron chi connectivity index (χ1n) is 8.31. The number of anilines is 1. The minimum absolute atomic E-state index is 0.0469. The highest BCUT2D eigenvalue weighted by Crippen LogP contribution is 2.30. The Morgan fingerprint density at radius 3 is 2.74 bits per heavy atom. The van der Waals surface area contributed by atoms with Gasteiger partial charge in [0.15, 0.2) is 0 Å². The normalized spacial score (nSPS) is 19.1. The zero-order chi connectivity index (χ0) is 17.0. The highest BCUT2D eigenvalue weighted by atomic mass is 19.4. The van der Waals surface area contributed by atoms with Crippen LogP contribution in [0.25, 0.3) is 0 Å². The molecule has 0 aliphatic carbocycles. The Bertz CT molecular complexity index is 583. The molecule has 2 unspecified atom stereocenters. The van der Waals surface area contributed by atoms with Gasteiger partial charge in [-0.05, 0) is 19.3 Å². The second-order valence-corrected chi connectivity index (χ2v) is 6.12. The van der Waals surface area contributed by atoms with Gasteiger partial charge < -0.3 is 5.32 Å². The first kappa shape index (κ1) is 17.8. The van der Waals surface area contributed by atoms with Crippen LogP contribution in [0.1, 0.15) is 64.0 Å². The average Bonchev–Trinajstić information content (AvgIpc) is 2.50. The summed E-state index contributed by atoms with van der Waals surface area (Å²) in [5.41, 5.74) is 0.335. The van der Waals surface area contributed by atoms with Gasteiger partial charge in [-0.1, -0.05) is 33.1 Å². The van der Waals surface area contributed by atoms with Gasteiger partial charge in [0.05, 0.1) is 5.69 Å². The Balaban J connectivity index is 2.24. The van der Waals surface area contributed by atoms with Crippen LogP contribution in [0.5, 0.6) is 0 Å². The third kappa shape index (κ3) is 4.26. The molecule has 0 spiro atoms. The number of alkyl halides is 3. The van der Waals surface area contributed by atoms with Gasteiger partial charge in [0.1, 0.15) is 6.04 Å². The molecule has 1 aliphatic heterocycles. The van der Waals surface area contributed by atoms with Gasteiger partial charge in [0, 0.05) is 18.5 Å². The van der Waals surface area contributed by atoms with E-state index >= 15 is 0 Å². The molecule has 0 bridgehead atoms. The highest BCUT2D eigenvalue weighted by Gasteiger charge is 2.42. The topological polar surface area (TPSA) is 46.9 Å². The van der Waals surface area contributed by atoms with E-state index in [0.717, 1.165) is 32.1 Å². The molecule has 0 saturated heterocycles. The molecule has 7 heteroatoms. The number of halogens is 3. The van der Waals surface area contributed by atoms with Crippen LogP contribution in [0, 0.1) is 0 Å². The van der Waals surface area contributed by atoms with Gasteiger partial charge in [-0.3, -0.25) is 9.36 Å². The standard InChI is InChI=1S/C16H24F3N3O/c1-3-5-6-7-11(4-2)12-10-14(23)22-9-8-13(16(17,18)19)21-15(22)20-12/h10-11,13H,3-9H2,1-2H3,(H,20,21). The quantitative estimate of drug-likeness (QED) is 0.800. The van der Waals surface area contributed by atoms with E-state index < -0.39 is 12.2 Å². The summed E-state index contributed by atoms with van der Waals surface area (Å²) in [6.07, 6.45) is 0.495. The third-order valence-electron chi connectivity index (χ3n) is 4.44. The Morgan fingerprint density at radius 1 is 1.39 bits per heavy atom. The molecule has 1 N–H and O–H groups in total. The summed E-state index contributed by atoms with van der Waals surface area (Å²) in [7, 11) is 0. The Labute approximate surface area is 134 Å². The third-order valence-corrected chi connectivity index (χ3v) is 4.44. The molecule has 2 heterocycles. The molecule has 1 aliphatic rings. The fourth-order valence-corrected chi connectivity index (χ4v) is 2.99. The molecule has 1 aromatic heterocycles. The zero-order valence-corrected chi connectivity index (χ0v) is 13.6. The SMILES string of the molecule is CCCCCC(CC)c1cc(=O)n2c(n1)NC(C(F)(F)F)CC2. The van der Waals surface area contributed by atoms with E-state index in [-0.39, 0.29) is 30.4 Å². The smallest absolute Gasteiger partial charge is 0.344 e. The van der Waals surface area contributed by atoms with Crippen molar-refractivity contribution in [1.29, 1.82) is 0 Å². The van der Waals surface area contributed by atoms with Gasteiger partial charge in [-0.25, -0.2) is 4.98 Å². The molecule has 0 aromatic carbocycles. The molecule has 130 valence electrons. The maximum Gasteiger partial charge on any atom is 0.408 e. The molecule has 0 saturated carbocycles. The van der Waals surface area contributed by atoms with Crippen molar-refractivity contribution in [2.75, 3.05) is 5.32 Å². The molecule has 4 nitrogen and oxygen atoms in total. The minimum Gasteiger partial charge on any atom is -0.344 e. The van der Waals surface area contributed by atoms with Crippen LogP contribution in [0.3, 0.4) is 0 Å². The van der Waals surface area contributed by atoms with E-state index in [1.54, 1.807) is 0 Å². The van der Waals surface area contributed by atoms with Gasteiger partial charge in [-0.2, -0.15) is 13.2 Å². The van der Waals surface area contributed by atoms with E-state index in [1.165, 1.54) is 10.6 Å². The predicted molar refractivity (Wildman–Crippen MR) is 83.8 cm³/mol. The van der Waals surface area contributed by atoms with Crippen LogP contribution in [0.2, 0.25) is 0 Å². The summed E-state index contributed by atoms with van der Waals surface area (Å²) < 4.78 is 40.0. The molecule has 0 radical (unpaired) electrons. The van der Waals surface area contributed by atoms with Crippen molar-refractivity contribution in [2.24, 2.45) is 0 Å². The molecule has 1 aromatic rings. The molecule has 23 heavy (non-hydrogen) atoms. The van der Waals surface area contributed by atoms with E-state index in [9.17, 15) is 18.0 Å². The van der Waals surface area contributed by atoms with Gasteiger partial charge >= 0.3 is 6.18 Å². The van der Waals surface area contributed by atoms with Crippen molar-refractivity contribution in [3.8, 4) is 0 Å². The Kier molecular flexibility index (Phi) is 5.70. The van der Waals surface area contributed by atoms with E-state index in [2.05, 4.69) is 17.2 Å². The fourth-order valence-electron chi connectivity index (χ4n) is 2.99. The van der Waals surface area contributed by atoms with Crippen molar-refractivity contribution >= 4 is 5.95 Å². The summed E-state index contributed by atoms with van der Waals surface area (Å²) in [4.78, 5) is 16.5. The van der Waals surface area contributed by atoms with Crippen molar-refractivity contribution in [3.05, 3.63) is 22.1 Å². The number of nitrogens with one attached hydrogen (secondary N) is 1. The monoisotopic (exact) mass is 331 g/mol. The summed E-state index contributed by atoms with van der Waals surface area (Å²) in [5, 5.41) is 2.39. The average molecular weight is 331 g/mol. The van der Waals surface area contributed by atoms with Crippen LogP contribution in [-0.2, 0) is 6.54 Å². The van der Waals surface area contributed by atoms with E-state index in [0.29, 0.717) is 5.69 Å². The summed E-state index contributed by atoms with van der Waals surface area (Å²) in [6.45, 7) is 4.18. The number of unbranched alkanes of at least 4 members (excludes halogenated alkanes) is 2. The molecule has 0 fully saturated rings. The van der Waals surface area contributed by atoms with Crippen molar-refractivity contribution in [1.82, 2.24) is 9.55 Å². The van der Waals surface area contributed by atoms with E-state index in [1.807, 2.05) is 6.92 Å². The first-order chi connectivity index (χ1) is 10.9. The fraction of sp³-hybridized carbons (Fsp3) is 0.750. The van der Waals surface area contributed by atoms with Crippen molar-refractivity contribution in [2.45, 2.75) is 77.1 Å². The van der Waals surface area contributed by atoms with Crippen LogP contribution in [-0.4, -0.2) is 21.8 Å². The van der Waals surface area contributed by atoms with Crippen LogP contribution in [0.15, 0.2) is 10.9 Å². The Hall–Kier alpha value is -1.53. The summed E-state index contributed by atoms with van der Waals surface area (Å²) in [5.74, 6) is 0.170. The number of hydrogen-bond acceptors (Lipinski definition) is 3. The maximum absolute atomic E-state index is 12.9. The lowest BCUT2D eigenvalue weighted by Gasteiger charge is -2.29. The number of hydrogen-bond donors (Lipinski definition) is 1. The molecular weight excluding hydrogens is 307 g/mol. The first-order valence-corrected chi connectivity index (χ1v) is 8.31. The van der Waals surface area contributed by atoms with Gasteiger partial charge in [-0.15, -0.1) is 0 Å².